The van der Waals surface area contributed by atoms with E-state index in [2.05, 4.69) is 15.4 Å². The molecule has 1 saturated heterocycles. The minimum absolute atomic E-state index is 0.0846. The van der Waals surface area contributed by atoms with Crippen LogP contribution in [-0.4, -0.2) is 46.5 Å². The van der Waals surface area contributed by atoms with Crippen molar-refractivity contribution in [3.63, 3.8) is 0 Å². The fraction of sp³-hybridized carbons (Fsp3) is 0.286. The molecule has 1 fully saturated rings. The number of sulfonamides is 1. The predicted octanol–water partition coefficient (Wildman–Crippen LogP) is 2.69. The summed E-state index contributed by atoms with van der Waals surface area (Å²) in [6.45, 7) is 1.90. The predicted molar refractivity (Wildman–Crippen MR) is 116 cm³/mol. The van der Waals surface area contributed by atoms with Gasteiger partial charge in [0.25, 0.3) is 5.91 Å². The first-order chi connectivity index (χ1) is 14.9. The summed E-state index contributed by atoms with van der Waals surface area (Å²) in [7, 11) is -3.62. The van der Waals surface area contributed by atoms with E-state index >= 15 is 0 Å². The second-order valence-electron chi connectivity index (χ2n) is 7.35. The lowest BCUT2D eigenvalue weighted by Crippen LogP contribution is -2.28. The third-order valence-corrected chi connectivity index (χ3v) is 7.40. The Bertz CT molecular complexity index is 1160. The Hall–Kier alpha value is -2.75. The summed E-state index contributed by atoms with van der Waals surface area (Å²) < 4.78 is 28.7. The molecule has 2 aromatic carbocycles. The molecule has 4 rings (SSSR count). The Morgan fingerprint density at radius 1 is 1.06 bits per heavy atom. The molecule has 0 aliphatic carbocycles. The molecule has 2 heterocycles. The molecule has 1 aliphatic heterocycles. The second-order valence-corrected chi connectivity index (χ2v) is 9.69. The van der Waals surface area contributed by atoms with Crippen LogP contribution in [0.2, 0.25) is 5.02 Å². The fourth-order valence-corrected chi connectivity index (χ4v) is 5.21. The van der Waals surface area contributed by atoms with E-state index in [0.717, 1.165) is 24.0 Å². The van der Waals surface area contributed by atoms with Crippen molar-refractivity contribution >= 4 is 27.5 Å². The number of nitrogens with zero attached hydrogens (tertiary/aromatic N) is 4. The van der Waals surface area contributed by atoms with Gasteiger partial charge in [0.2, 0.25) is 10.0 Å². The normalized spacial score (nSPS) is 14.6. The van der Waals surface area contributed by atoms with Gasteiger partial charge in [-0.3, -0.25) is 4.79 Å². The standard InChI is InChI=1S/C21H22ClN5O3S/c22-20-8-7-18(31(29,30)27-9-1-2-10-27)11-19(20)21(28)24-12-16-3-5-17(6-4-16)13-26-15-23-14-25-26/h3-8,11,14-15H,1-2,9-10,12-13H2,(H,24,28). The number of aromatic nitrogens is 3. The number of halogens is 1. The van der Waals surface area contributed by atoms with E-state index in [9.17, 15) is 13.2 Å². The molecule has 1 aliphatic rings. The quantitative estimate of drug-likeness (QED) is 0.585. The van der Waals surface area contributed by atoms with Crippen LogP contribution in [0.15, 0.2) is 60.0 Å². The van der Waals surface area contributed by atoms with Gasteiger partial charge in [-0.25, -0.2) is 18.1 Å². The Morgan fingerprint density at radius 3 is 2.45 bits per heavy atom. The van der Waals surface area contributed by atoms with Gasteiger partial charge < -0.3 is 5.32 Å². The van der Waals surface area contributed by atoms with E-state index in [1.165, 1.54) is 28.8 Å². The molecule has 8 nitrogen and oxygen atoms in total. The fourth-order valence-electron chi connectivity index (χ4n) is 3.46. The third kappa shape index (κ3) is 4.95. The van der Waals surface area contributed by atoms with Crippen molar-refractivity contribution in [3.05, 3.63) is 76.8 Å². The highest BCUT2D eigenvalue weighted by Gasteiger charge is 2.28. The monoisotopic (exact) mass is 459 g/mol. The first-order valence-electron chi connectivity index (χ1n) is 9.91. The van der Waals surface area contributed by atoms with E-state index < -0.39 is 15.9 Å². The maximum Gasteiger partial charge on any atom is 0.253 e. The van der Waals surface area contributed by atoms with Crippen molar-refractivity contribution in [1.82, 2.24) is 24.4 Å². The zero-order chi connectivity index (χ0) is 21.8. The van der Waals surface area contributed by atoms with Gasteiger partial charge in [0.05, 0.1) is 22.0 Å². The molecule has 3 aromatic rings. The maximum atomic E-state index is 12.8. The summed E-state index contributed by atoms with van der Waals surface area (Å²) in [5, 5.41) is 7.09. The summed E-state index contributed by atoms with van der Waals surface area (Å²) in [6, 6.07) is 12.0. The lowest BCUT2D eigenvalue weighted by molar-refractivity contribution is 0.0951. The Balaban J connectivity index is 1.42. The van der Waals surface area contributed by atoms with Gasteiger partial charge in [0.1, 0.15) is 12.7 Å². The SMILES string of the molecule is O=C(NCc1ccc(Cn2cncn2)cc1)c1cc(S(=O)(=O)N2CCCC2)ccc1Cl. The van der Waals surface area contributed by atoms with Crippen LogP contribution in [0.25, 0.3) is 0 Å². The van der Waals surface area contributed by atoms with Crippen molar-refractivity contribution in [2.45, 2.75) is 30.8 Å². The molecule has 0 saturated carbocycles. The lowest BCUT2D eigenvalue weighted by Gasteiger charge is -2.16. The maximum absolute atomic E-state index is 12.8. The summed E-state index contributed by atoms with van der Waals surface area (Å²) in [6.07, 6.45) is 4.83. The average Bonchev–Trinajstić information content (AvgIpc) is 3.48. The first-order valence-corrected chi connectivity index (χ1v) is 11.7. The lowest BCUT2D eigenvalue weighted by atomic mass is 10.1. The number of hydrogen-bond acceptors (Lipinski definition) is 5. The van der Waals surface area contributed by atoms with E-state index in [1.54, 1.807) is 11.0 Å². The van der Waals surface area contributed by atoms with Gasteiger partial charge >= 0.3 is 0 Å². The van der Waals surface area contributed by atoms with Crippen molar-refractivity contribution in [3.8, 4) is 0 Å². The Kier molecular flexibility index (Phi) is 6.35. The topological polar surface area (TPSA) is 97.2 Å². The molecule has 31 heavy (non-hydrogen) atoms. The summed E-state index contributed by atoms with van der Waals surface area (Å²) >= 11 is 6.19. The van der Waals surface area contributed by atoms with Crippen molar-refractivity contribution < 1.29 is 13.2 Å². The number of rotatable bonds is 7. The van der Waals surface area contributed by atoms with Crippen LogP contribution in [0.5, 0.6) is 0 Å². The van der Waals surface area contributed by atoms with Gasteiger partial charge in [0.15, 0.2) is 0 Å². The minimum Gasteiger partial charge on any atom is -0.348 e. The molecule has 162 valence electrons. The van der Waals surface area contributed by atoms with E-state index in [0.29, 0.717) is 26.2 Å². The van der Waals surface area contributed by atoms with E-state index in [4.69, 9.17) is 11.6 Å². The van der Waals surface area contributed by atoms with Crippen molar-refractivity contribution in [2.75, 3.05) is 13.1 Å². The molecule has 0 atom stereocenters. The highest BCUT2D eigenvalue weighted by molar-refractivity contribution is 7.89. The molecule has 1 amide bonds. The van der Waals surface area contributed by atoms with Gasteiger partial charge in [-0.15, -0.1) is 0 Å². The third-order valence-electron chi connectivity index (χ3n) is 5.17. The van der Waals surface area contributed by atoms with Gasteiger partial charge in [-0.1, -0.05) is 35.9 Å². The summed E-state index contributed by atoms with van der Waals surface area (Å²) in [4.78, 5) is 16.7. The summed E-state index contributed by atoms with van der Waals surface area (Å²) in [5.74, 6) is -0.421. The van der Waals surface area contributed by atoms with Crippen LogP contribution in [0.1, 0.15) is 34.3 Å². The Labute approximate surface area is 185 Å². The first kappa shape index (κ1) is 21.5. The molecule has 1 aromatic heterocycles. The summed E-state index contributed by atoms with van der Waals surface area (Å²) in [5.41, 5.74) is 2.11. The largest absolute Gasteiger partial charge is 0.348 e. The molecule has 0 unspecified atom stereocenters. The van der Waals surface area contributed by atoms with E-state index in [-0.39, 0.29) is 15.5 Å². The number of benzene rings is 2. The Morgan fingerprint density at radius 2 is 1.77 bits per heavy atom. The van der Waals surface area contributed by atoms with Gasteiger partial charge in [-0.2, -0.15) is 9.40 Å². The molecule has 1 N–H and O–H groups in total. The van der Waals surface area contributed by atoms with Crippen LogP contribution in [0.3, 0.4) is 0 Å². The molecule has 0 radical (unpaired) electrons. The van der Waals surface area contributed by atoms with Crippen LogP contribution in [-0.2, 0) is 23.1 Å². The van der Waals surface area contributed by atoms with Crippen LogP contribution >= 0.6 is 11.6 Å². The van der Waals surface area contributed by atoms with Crippen LogP contribution in [0, 0.1) is 0 Å². The van der Waals surface area contributed by atoms with Crippen LogP contribution in [0.4, 0.5) is 0 Å². The van der Waals surface area contributed by atoms with Crippen molar-refractivity contribution in [1.29, 1.82) is 0 Å². The molecule has 10 heteroatoms. The smallest absolute Gasteiger partial charge is 0.253 e. The van der Waals surface area contributed by atoms with E-state index in [1.807, 2.05) is 24.3 Å². The molecular formula is C21H22ClN5O3S. The highest BCUT2D eigenvalue weighted by atomic mass is 35.5. The minimum atomic E-state index is -3.62. The second kappa shape index (κ2) is 9.17. The van der Waals surface area contributed by atoms with Gasteiger partial charge in [-0.05, 0) is 42.2 Å². The highest BCUT2D eigenvalue weighted by Crippen LogP contribution is 2.25. The van der Waals surface area contributed by atoms with Crippen molar-refractivity contribution in [2.24, 2.45) is 0 Å². The average molecular weight is 460 g/mol. The zero-order valence-corrected chi connectivity index (χ0v) is 18.3. The number of amides is 1. The number of hydrogen-bond donors (Lipinski definition) is 1. The number of carbonyl (C=O) groups excluding carboxylic acids is 1. The number of carbonyl (C=O) groups is 1. The molecule has 0 bridgehead atoms. The zero-order valence-electron chi connectivity index (χ0n) is 16.7. The molecule has 0 spiro atoms. The van der Waals surface area contributed by atoms with Gasteiger partial charge in [0, 0.05) is 19.6 Å². The van der Waals surface area contributed by atoms with Crippen LogP contribution < -0.4 is 5.32 Å². The molecular weight excluding hydrogens is 438 g/mol. The number of nitrogens with one attached hydrogen (secondary N) is 1.